The van der Waals surface area contributed by atoms with Gasteiger partial charge in [0.2, 0.25) is 5.78 Å². The van der Waals surface area contributed by atoms with E-state index >= 15 is 0 Å². The Bertz CT molecular complexity index is 1230. The average molecular weight is 472 g/mol. The smallest absolute Gasteiger partial charge is 0.255 e. The van der Waals surface area contributed by atoms with Gasteiger partial charge in [0.1, 0.15) is 22.8 Å². The van der Waals surface area contributed by atoms with Gasteiger partial charge in [0.15, 0.2) is 11.4 Å². The predicted octanol–water partition coefficient (Wildman–Crippen LogP) is 0.137. The maximum Gasteiger partial charge on any atom is 0.255 e. The Hall–Kier alpha value is -3.57. The van der Waals surface area contributed by atoms with Gasteiger partial charge in [0.25, 0.3) is 5.91 Å². The number of anilines is 2. The Labute approximate surface area is 195 Å². The molecule has 0 spiro atoms. The number of aliphatic hydroxyl groups is 3. The van der Waals surface area contributed by atoms with E-state index in [1.54, 1.807) is 20.9 Å². The number of primary amides is 1. The number of ketones is 2. The van der Waals surface area contributed by atoms with Crippen LogP contribution in [-0.2, 0) is 15.0 Å². The third-order valence-corrected chi connectivity index (χ3v) is 7.66. The summed E-state index contributed by atoms with van der Waals surface area (Å²) >= 11 is 0. The first-order valence-electron chi connectivity index (χ1n) is 10.8. The van der Waals surface area contributed by atoms with E-state index in [9.17, 15) is 34.8 Å². The molecule has 0 unspecified atom stereocenters. The molecule has 182 valence electrons. The molecule has 1 aromatic rings. The molecule has 0 bridgehead atoms. The van der Waals surface area contributed by atoms with Crippen molar-refractivity contribution in [3.05, 3.63) is 39.9 Å². The quantitative estimate of drug-likeness (QED) is 0.129. The van der Waals surface area contributed by atoms with Crippen molar-refractivity contribution in [3.8, 4) is 5.75 Å². The summed E-state index contributed by atoms with van der Waals surface area (Å²) in [7, 11) is 3.10. The zero-order chi connectivity index (χ0) is 25.5. The number of aliphatic hydroxyl groups excluding tert-OH is 2. The van der Waals surface area contributed by atoms with E-state index in [2.05, 4.69) is 10.6 Å². The van der Waals surface area contributed by atoms with Crippen molar-refractivity contribution >= 4 is 28.8 Å². The molecule has 0 saturated heterocycles. The summed E-state index contributed by atoms with van der Waals surface area (Å²) in [6, 6.07) is 0.398. The van der Waals surface area contributed by atoms with Crippen LogP contribution in [0.15, 0.2) is 28.7 Å². The highest BCUT2D eigenvalue weighted by Gasteiger charge is 2.64. The van der Waals surface area contributed by atoms with Gasteiger partial charge in [-0.2, -0.15) is 0 Å². The second kappa shape index (κ2) is 7.21. The number of benzene rings is 1. The molecule has 3 aliphatic rings. The van der Waals surface area contributed by atoms with Gasteiger partial charge in [-0.1, -0.05) is 13.8 Å². The number of fused-ring (bicyclic) bond motifs is 3. The number of carbonyl (C=O) groups is 3. The molecule has 3 aliphatic carbocycles. The second-order valence-corrected chi connectivity index (χ2v) is 9.56. The van der Waals surface area contributed by atoms with Crippen LogP contribution in [0.5, 0.6) is 5.75 Å². The molecule has 11 nitrogen and oxygen atoms in total. The van der Waals surface area contributed by atoms with Gasteiger partial charge < -0.3 is 42.5 Å². The lowest BCUT2D eigenvalue weighted by molar-refractivity contribution is -0.146. The molecule has 0 aromatic heterocycles. The molecule has 1 aromatic carbocycles. The zero-order valence-electron chi connectivity index (χ0n) is 19.2. The molecular formula is C23H28N4O7. The minimum Gasteiger partial charge on any atom is -0.510 e. The van der Waals surface area contributed by atoms with Crippen molar-refractivity contribution in [2.24, 2.45) is 17.6 Å². The summed E-state index contributed by atoms with van der Waals surface area (Å²) in [6.45, 7) is 3.61. The third kappa shape index (κ3) is 2.62. The number of hydrogen-bond donors (Lipinski definition) is 8. The van der Waals surface area contributed by atoms with E-state index in [0.717, 1.165) is 0 Å². The molecule has 0 radical (unpaired) electrons. The maximum absolute atomic E-state index is 13.7. The first-order chi connectivity index (χ1) is 15.8. The van der Waals surface area contributed by atoms with Gasteiger partial charge in [-0.25, -0.2) is 0 Å². The lowest BCUT2D eigenvalue weighted by Gasteiger charge is -2.52. The van der Waals surface area contributed by atoms with Crippen LogP contribution in [0.3, 0.4) is 0 Å². The monoisotopic (exact) mass is 472 g/mol. The van der Waals surface area contributed by atoms with E-state index in [0.29, 0.717) is 11.3 Å². The van der Waals surface area contributed by atoms with E-state index in [-0.39, 0.29) is 23.2 Å². The number of nitrogens with two attached hydrogens (primary N) is 2. The SMILES string of the molecule is CNc1cc(N)c(O)c2c1C(C)(C)[C@H]1C[C@H]3[C@H](NC)C(O)=C(C(N)=O)C(=O)[C@@]3(O)C(O)=C1C2=O. The van der Waals surface area contributed by atoms with Crippen LogP contribution in [0, 0.1) is 11.8 Å². The number of phenols is 1. The highest BCUT2D eigenvalue weighted by Crippen LogP contribution is 2.58. The number of phenolic OH excluding ortho intramolecular Hbond substituents is 1. The average Bonchev–Trinajstić information content (AvgIpc) is 2.76. The summed E-state index contributed by atoms with van der Waals surface area (Å²) in [5, 5.41) is 50.0. The van der Waals surface area contributed by atoms with Crippen molar-refractivity contribution in [1.29, 1.82) is 0 Å². The Balaban J connectivity index is 2.07. The Morgan fingerprint density at radius 1 is 1.18 bits per heavy atom. The number of amides is 1. The third-order valence-electron chi connectivity index (χ3n) is 7.66. The summed E-state index contributed by atoms with van der Waals surface area (Å²) in [5.41, 5.74) is 7.27. The van der Waals surface area contributed by atoms with Crippen molar-refractivity contribution in [2.45, 2.75) is 37.3 Å². The van der Waals surface area contributed by atoms with Gasteiger partial charge in [-0.05, 0) is 30.5 Å². The van der Waals surface area contributed by atoms with Gasteiger partial charge in [-0.15, -0.1) is 0 Å². The van der Waals surface area contributed by atoms with Crippen molar-refractivity contribution in [3.63, 3.8) is 0 Å². The molecule has 34 heavy (non-hydrogen) atoms. The van der Waals surface area contributed by atoms with Crippen LogP contribution in [0.4, 0.5) is 11.4 Å². The number of carbonyl (C=O) groups excluding carboxylic acids is 3. The lowest BCUT2D eigenvalue weighted by Crippen LogP contribution is -2.64. The van der Waals surface area contributed by atoms with Gasteiger partial charge in [-0.3, -0.25) is 14.4 Å². The topological polar surface area (TPSA) is 208 Å². The van der Waals surface area contributed by atoms with Crippen LogP contribution in [0.2, 0.25) is 0 Å². The fourth-order valence-electron chi connectivity index (χ4n) is 5.98. The van der Waals surface area contributed by atoms with Crippen LogP contribution in [0.1, 0.15) is 36.2 Å². The molecule has 4 atom stereocenters. The summed E-state index contributed by atoms with van der Waals surface area (Å²) in [4.78, 5) is 38.9. The largest absolute Gasteiger partial charge is 0.510 e. The van der Waals surface area contributed by atoms with Gasteiger partial charge in [0.05, 0.1) is 17.3 Å². The molecular weight excluding hydrogens is 444 g/mol. The summed E-state index contributed by atoms with van der Waals surface area (Å²) in [6.07, 6.45) is -0.0181. The minimum absolute atomic E-state index is 0.0181. The fraction of sp³-hybridized carbons (Fsp3) is 0.435. The molecule has 0 fully saturated rings. The number of rotatable bonds is 3. The molecule has 1 amide bonds. The molecule has 4 rings (SSSR count). The molecule has 0 heterocycles. The first kappa shape index (κ1) is 23.6. The Morgan fingerprint density at radius 3 is 2.32 bits per heavy atom. The van der Waals surface area contributed by atoms with Gasteiger partial charge in [0, 0.05) is 30.1 Å². The van der Waals surface area contributed by atoms with Gasteiger partial charge >= 0.3 is 0 Å². The summed E-state index contributed by atoms with van der Waals surface area (Å²) in [5.74, 6) is -7.25. The standard InChI is InChI=1S/C23H28N4O7/c1-22(2)7-5-8-15(27-4)18(30)13(21(25)33)20(32)23(8,34)19(31)11(7)17(29)12-14(22)10(26-3)6-9(24)16(12)28/h6-8,15,26-28,30-31,34H,5,24H2,1-4H3,(H2,25,33)/t7-,8-,15-,23-/m0/s1. The van der Waals surface area contributed by atoms with Crippen molar-refractivity contribution < 1.29 is 34.8 Å². The van der Waals surface area contributed by atoms with E-state index in [1.807, 2.05) is 0 Å². The Morgan fingerprint density at radius 2 is 1.79 bits per heavy atom. The zero-order valence-corrected chi connectivity index (χ0v) is 19.2. The fourth-order valence-corrected chi connectivity index (χ4v) is 5.98. The number of nitrogen functional groups attached to an aromatic ring is 1. The van der Waals surface area contributed by atoms with Crippen LogP contribution in [-0.4, -0.2) is 63.6 Å². The predicted molar refractivity (Wildman–Crippen MR) is 122 cm³/mol. The number of aromatic hydroxyl groups is 1. The lowest BCUT2D eigenvalue weighted by atomic mass is 9.52. The highest BCUT2D eigenvalue weighted by molar-refractivity contribution is 6.25. The highest BCUT2D eigenvalue weighted by atomic mass is 16.3. The van der Waals surface area contributed by atoms with Crippen molar-refractivity contribution in [1.82, 2.24) is 5.32 Å². The molecule has 0 aliphatic heterocycles. The van der Waals surface area contributed by atoms with Crippen LogP contribution >= 0.6 is 0 Å². The number of Topliss-reactive ketones (excluding diaryl/α,β-unsaturated/α-hetero) is 2. The Kier molecular flexibility index (Phi) is 5.00. The van der Waals surface area contributed by atoms with E-state index < -0.39 is 69.2 Å². The van der Waals surface area contributed by atoms with Crippen LogP contribution in [0.25, 0.3) is 0 Å². The van der Waals surface area contributed by atoms with Crippen LogP contribution < -0.4 is 22.1 Å². The minimum atomic E-state index is -2.69. The molecule has 10 N–H and O–H groups in total. The maximum atomic E-state index is 13.7. The number of hydrogen-bond acceptors (Lipinski definition) is 10. The number of allylic oxidation sites excluding steroid dienone is 1. The number of nitrogens with one attached hydrogen (secondary N) is 2. The number of likely N-dealkylation sites (N-methyl/N-ethyl adjacent to an activating group) is 1. The molecule has 0 saturated carbocycles. The van der Waals surface area contributed by atoms with Crippen molar-refractivity contribution in [2.75, 3.05) is 25.1 Å². The van der Waals surface area contributed by atoms with E-state index in [4.69, 9.17) is 11.5 Å². The first-order valence-corrected chi connectivity index (χ1v) is 10.8. The van der Waals surface area contributed by atoms with E-state index in [1.165, 1.54) is 13.1 Å². The second-order valence-electron chi connectivity index (χ2n) is 9.56. The normalized spacial score (nSPS) is 30.0. The summed E-state index contributed by atoms with van der Waals surface area (Å²) < 4.78 is 0. The molecule has 11 heteroatoms.